The molecule has 6 nitrogen and oxygen atoms in total. The van der Waals surface area contributed by atoms with Crippen molar-refractivity contribution in [1.82, 2.24) is 10.2 Å². The van der Waals surface area contributed by atoms with Crippen LogP contribution in [0.15, 0.2) is 48.5 Å². The van der Waals surface area contributed by atoms with Gasteiger partial charge in [0.1, 0.15) is 0 Å². The number of piperazine rings is 1. The van der Waals surface area contributed by atoms with E-state index in [4.69, 9.17) is 16.3 Å². The standard InChI is InChI=1S/C20H22ClN3O3/c1-27-19(25)15-6-8-17(9-7-15)23-10-12-24(13-11-23)20(26)22-14-16-4-2-3-5-18(16)21/h2-9H,10-14H2,1H3,(H,22,26). The van der Waals surface area contributed by atoms with Crippen LogP contribution in [-0.2, 0) is 11.3 Å². The van der Waals surface area contributed by atoms with Gasteiger partial charge in [0.05, 0.1) is 12.7 Å². The van der Waals surface area contributed by atoms with Crippen LogP contribution in [0.4, 0.5) is 10.5 Å². The second-order valence-corrected chi connectivity index (χ2v) is 6.67. The Bertz CT molecular complexity index is 802. The second kappa shape index (κ2) is 8.77. The number of esters is 1. The average Bonchev–Trinajstić information content (AvgIpc) is 2.72. The van der Waals surface area contributed by atoms with Crippen molar-refractivity contribution in [2.24, 2.45) is 0 Å². The van der Waals surface area contributed by atoms with Crippen LogP contribution in [0.1, 0.15) is 15.9 Å². The number of rotatable bonds is 4. The summed E-state index contributed by atoms with van der Waals surface area (Å²) in [4.78, 5) is 27.9. The number of methoxy groups -OCH3 is 1. The van der Waals surface area contributed by atoms with Crippen molar-refractivity contribution in [3.05, 3.63) is 64.7 Å². The minimum atomic E-state index is -0.346. The number of urea groups is 1. The number of carbonyl (C=O) groups is 2. The van der Waals surface area contributed by atoms with Gasteiger partial charge in [-0.3, -0.25) is 0 Å². The zero-order valence-corrected chi connectivity index (χ0v) is 15.9. The van der Waals surface area contributed by atoms with Gasteiger partial charge in [-0.15, -0.1) is 0 Å². The third kappa shape index (κ3) is 4.71. The van der Waals surface area contributed by atoms with Gasteiger partial charge < -0.3 is 19.9 Å². The van der Waals surface area contributed by atoms with E-state index in [-0.39, 0.29) is 12.0 Å². The van der Waals surface area contributed by atoms with Crippen molar-refractivity contribution < 1.29 is 14.3 Å². The summed E-state index contributed by atoms with van der Waals surface area (Å²) in [5.74, 6) is -0.346. The maximum Gasteiger partial charge on any atom is 0.337 e. The highest BCUT2D eigenvalue weighted by Crippen LogP contribution is 2.18. The van der Waals surface area contributed by atoms with Gasteiger partial charge in [-0.2, -0.15) is 0 Å². The van der Waals surface area contributed by atoms with Crippen molar-refractivity contribution in [3.8, 4) is 0 Å². The molecule has 2 aromatic rings. The van der Waals surface area contributed by atoms with Crippen molar-refractivity contribution in [2.45, 2.75) is 6.54 Å². The fourth-order valence-corrected chi connectivity index (χ4v) is 3.22. The Kier molecular flexibility index (Phi) is 6.19. The van der Waals surface area contributed by atoms with Gasteiger partial charge >= 0.3 is 12.0 Å². The first-order valence-electron chi connectivity index (χ1n) is 8.78. The maximum absolute atomic E-state index is 12.4. The van der Waals surface area contributed by atoms with E-state index in [1.807, 2.05) is 36.4 Å². The summed E-state index contributed by atoms with van der Waals surface area (Å²) in [6.45, 7) is 3.14. The molecule has 0 saturated carbocycles. The molecule has 1 fully saturated rings. The van der Waals surface area contributed by atoms with E-state index in [2.05, 4.69) is 10.2 Å². The molecule has 0 radical (unpaired) electrons. The molecule has 1 N–H and O–H groups in total. The first-order chi connectivity index (χ1) is 13.1. The molecule has 0 spiro atoms. The van der Waals surface area contributed by atoms with Crippen LogP contribution >= 0.6 is 11.6 Å². The minimum absolute atomic E-state index is 0.0874. The predicted octanol–water partition coefficient (Wildman–Crippen LogP) is 3.16. The quantitative estimate of drug-likeness (QED) is 0.818. The molecule has 7 heteroatoms. The van der Waals surface area contributed by atoms with Gasteiger partial charge in [0.15, 0.2) is 0 Å². The summed E-state index contributed by atoms with van der Waals surface area (Å²) in [6.07, 6.45) is 0. The molecule has 1 saturated heterocycles. The van der Waals surface area contributed by atoms with Crippen molar-refractivity contribution in [3.63, 3.8) is 0 Å². The van der Waals surface area contributed by atoms with Gasteiger partial charge in [0, 0.05) is 43.4 Å². The molecule has 0 unspecified atom stereocenters. The summed E-state index contributed by atoms with van der Waals surface area (Å²) >= 11 is 6.12. The van der Waals surface area contributed by atoms with Gasteiger partial charge in [-0.05, 0) is 35.9 Å². The number of hydrogen-bond acceptors (Lipinski definition) is 4. The SMILES string of the molecule is COC(=O)c1ccc(N2CCN(C(=O)NCc3ccccc3Cl)CC2)cc1. The Morgan fingerprint density at radius 1 is 1.04 bits per heavy atom. The number of halogens is 1. The van der Waals surface area contributed by atoms with Crippen molar-refractivity contribution in [2.75, 3.05) is 38.2 Å². The molecule has 1 heterocycles. The lowest BCUT2D eigenvalue weighted by atomic mass is 10.2. The molecular formula is C20H22ClN3O3. The smallest absolute Gasteiger partial charge is 0.337 e. The number of hydrogen-bond donors (Lipinski definition) is 1. The van der Waals surface area contributed by atoms with Crippen LogP contribution in [0.5, 0.6) is 0 Å². The fourth-order valence-electron chi connectivity index (χ4n) is 3.02. The summed E-state index contributed by atoms with van der Waals surface area (Å²) in [7, 11) is 1.37. The van der Waals surface area contributed by atoms with E-state index >= 15 is 0 Å². The Hall–Kier alpha value is -2.73. The Labute approximate surface area is 163 Å². The zero-order valence-electron chi connectivity index (χ0n) is 15.2. The first kappa shape index (κ1) is 19.0. The first-order valence-corrected chi connectivity index (χ1v) is 9.16. The molecule has 0 aromatic heterocycles. The van der Waals surface area contributed by atoms with Crippen molar-refractivity contribution in [1.29, 1.82) is 0 Å². The molecule has 0 bridgehead atoms. The molecule has 142 valence electrons. The third-order valence-corrected chi connectivity index (χ3v) is 4.98. The minimum Gasteiger partial charge on any atom is -0.465 e. The van der Waals surface area contributed by atoms with Crippen LogP contribution in [-0.4, -0.2) is 50.2 Å². The van der Waals surface area contributed by atoms with E-state index in [1.165, 1.54) is 7.11 Å². The van der Waals surface area contributed by atoms with Crippen LogP contribution in [0.3, 0.4) is 0 Å². The van der Waals surface area contributed by atoms with E-state index in [9.17, 15) is 9.59 Å². The zero-order chi connectivity index (χ0) is 19.2. The van der Waals surface area contributed by atoms with Gasteiger partial charge in [-0.1, -0.05) is 29.8 Å². The number of amides is 2. The second-order valence-electron chi connectivity index (χ2n) is 6.26. The molecule has 27 heavy (non-hydrogen) atoms. The molecule has 0 aliphatic carbocycles. The predicted molar refractivity (Wildman–Crippen MR) is 105 cm³/mol. The Morgan fingerprint density at radius 3 is 2.33 bits per heavy atom. The number of nitrogens with zero attached hydrogens (tertiary/aromatic N) is 2. The number of anilines is 1. The van der Waals surface area contributed by atoms with E-state index in [0.717, 1.165) is 24.3 Å². The topological polar surface area (TPSA) is 61.9 Å². The molecule has 1 aliphatic rings. The lowest BCUT2D eigenvalue weighted by Crippen LogP contribution is -2.51. The number of ether oxygens (including phenoxy) is 1. The molecule has 2 aromatic carbocycles. The lowest BCUT2D eigenvalue weighted by molar-refractivity contribution is 0.0600. The lowest BCUT2D eigenvalue weighted by Gasteiger charge is -2.36. The van der Waals surface area contributed by atoms with Crippen LogP contribution < -0.4 is 10.2 Å². The van der Waals surface area contributed by atoms with Gasteiger partial charge in [0.2, 0.25) is 0 Å². The molecule has 0 atom stereocenters. The molecule has 3 rings (SSSR count). The van der Waals surface area contributed by atoms with E-state index in [1.54, 1.807) is 17.0 Å². The van der Waals surface area contributed by atoms with E-state index in [0.29, 0.717) is 30.2 Å². The monoisotopic (exact) mass is 387 g/mol. The third-order valence-electron chi connectivity index (χ3n) is 4.61. The maximum atomic E-state index is 12.4. The highest BCUT2D eigenvalue weighted by atomic mass is 35.5. The van der Waals surface area contributed by atoms with E-state index < -0.39 is 0 Å². The van der Waals surface area contributed by atoms with Crippen LogP contribution in [0, 0.1) is 0 Å². The highest BCUT2D eigenvalue weighted by molar-refractivity contribution is 6.31. The number of carbonyl (C=O) groups excluding carboxylic acids is 2. The van der Waals surface area contributed by atoms with Gasteiger partial charge in [0.25, 0.3) is 0 Å². The molecular weight excluding hydrogens is 366 g/mol. The Morgan fingerprint density at radius 2 is 1.70 bits per heavy atom. The summed E-state index contributed by atoms with van der Waals surface area (Å²) in [5.41, 5.74) is 2.45. The van der Waals surface area contributed by atoms with Crippen molar-refractivity contribution >= 4 is 29.3 Å². The molecule has 1 aliphatic heterocycles. The Balaban J connectivity index is 1.50. The summed E-state index contributed by atoms with van der Waals surface area (Å²) < 4.78 is 4.71. The normalized spacial score (nSPS) is 14.0. The van der Waals surface area contributed by atoms with Gasteiger partial charge in [-0.25, -0.2) is 9.59 Å². The highest BCUT2D eigenvalue weighted by Gasteiger charge is 2.21. The molecule has 2 amide bonds. The largest absolute Gasteiger partial charge is 0.465 e. The van der Waals surface area contributed by atoms with Crippen LogP contribution in [0.25, 0.3) is 0 Å². The summed E-state index contributed by atoms with van der Waals surface area (Å²) in [5, 5.41) is 3.57. The number of benzene rings is 2. The fraction of sp³-hybridized carbons (Fsp3) is 0.300. The van der Waals surface area contributed by atoms with Crippen LogP contribution in [0.2, 0.25) is 5.02 Å². The average molecular weight is 388 g/mol. The summed E-state index contributed by atoms with van der Waals surface area (Å²) in [6, 6.07) is 14.7. The number of nitrogens with one attached hydrogen (secondary N) is 1.